The Kier molecular flexibility index (Phi) is 5.00. The summed E-state index contributed by atoms with van der Waals surface area (Å²) in [6.45, 7) is 0.819. The molecule has 10 heteroatoms. The molecule has 1 amide bonds. The number of amides is 1. The van der Waals surface area contributed by atoms with Crippen LogP contribution in [0.25, 0.3) is 0 Å². The molecule has 0 saturated carbocycles. The number of aromatic nitrogens is 2. The molecule has 0 aliphatic heterocycles. The first-order chi connectivity index (χ1) is 11.6. The lowest BCUT2D eigenvalue weighted by molar-refractivity contribution is -0.142. The first kappa shape index (κ1) is 18.3. The number of carboxylic acids is 1. The summed E-state index contributed by atoms with van der Waals surface area (Å²) < 4.78 is 43.9. The van der Waals surface area contributed by atoms with Gasteiger partial charge in [-0.1, -0.05) is 0 Å². The molecule has 1 aromatic carbocycles. The fourth-order valence-electron chi connectivity index (χ4n) is 2.18. The Hall–Kier alpha value is -3.04. The van der Waals surface area contributed by atoms with E-state index in [1.165, 1.54) is 32.2 Å². The van der Waals surface area contributed by atoms with E-state index in [4.69, 9.17) is 9.84 Å². The molecular weight excluding hydrogens is 343 g/mol. The molecule has 0 bridgehead atoms. The standard InChI is InChI=1S/C15H14F3N3O4/c1-8-6-21(20-13(8)15(16,17)18)7-12(22)19-9-3-4-10(14(23)24)11(5-9)25-2/h3-6H,7H2,1-2H3,(H,19,22)(H,23,24). The Morgan fingerprint density at radius 3 is 2.56 bits per heavy atom. The summed E-state index contributed by atoms with van der Waals surface area (Å²) >= 11 is 0. The van der Waals surface area contributed by atoms with Gasteiger partial charge in [0.2, 0.25) is 5.91 Å². The highest BCUT2D eigenvalue weighted by atomic mass is 19.4. The van der Waals surface area contributed by atoms with E-state index in [9.17, 15) is 22.8 Å². The van der Waals surface area contributed by atoms with Gasteiger partial charge in [0.1, 0.15) is 17.9 Å². The zero-order valence-corrected chi connectivity index (χ0v) is 13.2. The molecule has 0 unspecified atom stereocenters. The molecule has 25 heavy (non-hydrogen) atoms. The third-order valence-electron chi connectivity index (χ3n) is 3.23. The number of halogens is 3. The number of ether oxygens (including phenoxy) is 1. The largest absolute Gasteiger partial charge is 0.496 e. The van der Waals surface area contributed by atoms with E-state index in [0.29, 0.717) is 0 Å². The van der Waals surface area contributed by atoms with Crippen LogP contribution >= 0.6 is 0 Å². The average molecular weight is 357 g/mol. The molecule has 134 valence electrons. The van der Waals surface area contributed by atoms with Crippen LogP contribution in [0, 0.1) is 6.92 Å². The minimum atomic E-state index is -4.59. The van der Waals surface area contributed by atoms with Crippen molar-refractivity contribution in [2.45, 2.75) is 19.6 Å². The lowest BCUT2D eigenvalue weighted by atomic mass is 10.2. The molecule has 1 heterocycles. The number of rotatable bonds is 5. The van der Waals surface area contributed by atoms with Crippen molar-refractivity contribution in [2.75, 3.05) is 12.4 Å². The van der Waals surface area contributed by atoms with E-state index in [1.807, 2.05) is 0 Å². The van der Waals surface area contributed by atoms with E-state index in [2.05, 4.69) is 10.4 Å². The molecule has 2 N–H and O–H groups in total. The maximum Gasteiger partial charge on any atom is 0.435 e. The molecule has 0 aliphatic carbocycles. The minimum Gasteiger partial charge on any atom is -0.496 e. The van der Waals surface area contributed by atoms with Gasteiger partial charge >= 0.3 is 12.1 Å². The zero-order valence-electron chi connectivity index (χ0n) is 13.2. The Bertz CT molecular complexity index is 815. The average Bonchev–Trinajstić information content (AvgIpc) is 2.87. The number of methoxy groups -OCH3 is 1. The summed E-state index contributed by atoms with van der Waals surface area (Å²) in [6, 6.07) is 3.90. The molecule has 0 atom stereocenters. The van der Waals surface area contributed by atoms with E-state index in [-0.39, 0.29) is 22.6 Å². The SMILES string of the molecule is COc1cc(NC(=O)Cn2cc(C)c(C(F)(F)F)n2)ccc1C(=O)O. The van der Waals surface area contributed by atoms with Crippen LogP contribution < -0.4 is 10.1 Å². The summed E-state index contributed by atoms with van der Waals surface area (Å²) in [4.78, 5) is 23.0. The first-order valence-corrected chi connectivity index (χ1v) is 6.94. The smallest absolute Gasteiger partial charge is 0.435 e. The molecule has 0 spiro atoms. The van der Waals surface area contributed by atoms with Gasteiger partial charge in [0.25, 0.3) is 0 Å². The minimum absolute atomic E-state index is 0.0413. The number of aromatic carboxylic acids is 1. The van der Waals surface area contributed by atoms with E-state index in [1.54, 1.807) is 0 Å². The Labute approximate surface area is 140 Å². The van der Waals surface area contributed by atoms with Gasteiger partial charge in [-0.3, -0.25) is 9.48 Å². The predicted molar refractivity (Wildman–Crippen MR) is 80.5 cm³/mol. The number of benzene rings is 1. The molecule has 2 rings (SSSR count). The maximum absolute atomic E-state index is 12.7. The van der Waals surface area contributed by atoms with E-state index >= 15 is 0 Å². The van der Waals surface area contributed by atoms with Crippen LogP contribution in [0.4, 0.5) is 18.9 Å². The van der Waals surface area contributed by atoms with Crippen LogP contribution in [-0.2, 0) is 17.5 Å². The molecule has 0 radical (unpaired) electrons. The summed E-state index contributed by atoms with van der Waals surface area (Å²) in [5.41, 5.74) is -0.981. The third-order valence-corrected chi connectivity index (χ3v) is 3.23. The summed E-state index contributed by atoms with van der Waals surface area (Å²) in [5, 5.41) is 14.8. The Balaban J connectivity index is 2.12. The summed E-state index contributed by atoms with van der Waals surface area (Å²) in [5.74, 6) is -1.78. The topological polar surface area (TPSA) is 93.5 Å². The van der Waals surface area contributed by atoms with Crippen molar-refractivity contribution in [3.8, 4) is 5.75 Å². The van der Waals surface area contributed by atoms with Crippen molar-refractivity contribution in [2.24, 2.45) is 0 Å². The van der Waals surface area contributed by atoms with Crippen LogP contribution in [0.15, 0.2) is 24.4 Å². The summed E-state index contributed by atoms with van der Waals surface area (Å²) in [6.07, 6.45) is -3.47. The van der Waals surface area contributed by atoms with Gasteiger partial charge in [-0.05, 0) is 24.6 Å². The molecule has 7 nitrogen and oxygen atoms in total. The number of anilines is 1. The number of carbonyl (C=O) groups excluding carboxylic acids is 1. The van der Waals surface area contributed by atoms with Crippen molar-refractivity contribution in [3.63, 3.8) is 0 Å². The fourth-order valence-corrected chi connectivity index (χ4v) is 2.18. The number of alkyl halides is 3. The molecular formula is C15H14F3N3O4. The highest BCUT2D eigenvalue weighted by Crippen LogP contribution is 2.30. The maximum atomic E-state index is 12.7. The highest BCUT2D eigenvalue weighted by Gasteiger charge is 2.36. The number of nitrogens with one attached hydrogen (secondary N) is 1. The monoisotopic (exact) mass is 357 g/mol. The van der Waals surface area contributed by atoms with Crippen LogP contribution in [0.3, 0.4) is 0 Å². The van der Waals surface area contributed by atoms with Crippen molar-refractivity contribution < 1.29 is 32.6 Å². The number of carbonyl (C=O) groups is 2. The second-order valence-corrected chi connectivity index (χ2v) is 5.12. The van der Waals surface area contributed by atoms with Crippen LogP contribution in [-0.4, -0.2) is 33.9 Å². The highest BCUT2D eigenvalue weighted by molar-refractivity contribution is 5.94. The van der Waals surface area contributed by atoms with Crippen LogP contribution in [0.2, 0.25) is 0 Å². The first-order valence-electron chi connectivity index (χ1n) is 6.94. The van der Waals surface area contributed by atoms with Gasteiger partial charge in [-0.15, -0.1) is 0 Å². The molecule has 2 aromatic rings. The molecule has 1 aromatic heterocycles. The third kappa shape index (κ3) is 4.28. The lowest BCUT2D eigenvalue weighted by Gasteiger charge is -2.09. The number of nitrogens with zero attached hydrogens (tertiary/aromatic N) is 2. The van der Waals surface area contributed by atoms with Gasteiger partial charge in [-0.25, -0.2) is 4.79 Å². The second-order valence-electron chi connectivity index (χ2n) is 5.12. The molecule has 0 fully saturated rings. The summed E-state index contributed by atoms with van der Waals surface area (Å²) in [7, 11) is 1.28. The number of hydrogen-bond acceptors (Lipinski definition) is 4. The lowest BCUT2D eigenvalue weighted by Crippen LogP contribution is -2.20. The van der Waals surface area contributed by atoms with Crippen LogP contribution in [0.5, 0.6) is 5.75 Å². The number of carboxylic acid groups (broad SMARTS) is 1. The van der Waals surface area contributed by atoms with Gasteiger partial charge in [-0.2, -0.15) is 18.3 Å². The fraction of sp³-hybridized carbons (Fsp3) is 0.267. The normalized spacial score (nSPS) is 11.2. The van der Waals surface area contributed by atoms with Crippen molar-refractivity contribution in [1.29, 1.82) is 0 Å². The quantitative estimate of drug-likeness (QED) is 0.858. The molecule has 0 aliphatic rings. The Morgan fingerprint density at radius 1 is 1.36 bits per heavy atom. The van der Waals surface area contributed by atoms with Crippen molar-refractivity contribution in [1.82, 2.24) is 9.78 Å². The Morgan fingerprint density at radius 2 is 2.04 bits per heavy atom. The second kappa shape index (κ2) is 6.83. The predicted octanol–water partition coefficient (Wildman–Crippen LogP) is 2.56. The number of aryl methyl sites for hydroxylation is 1. The molecule has 0 saturated heterocycles. The van der Waals surface area contributed by atoms with Crippen molar-refractivity contribution in [3.05, 3.63) is 41.2 Å². The van der Waals surface area contributed by atoms with Gasteiger partial charge in [0.05, 0.1) is 7.11 Å². The number of hydrogen-bond donors (Lipinski definition) is 2. The van der Waals surface area contributed by atoms with E-state index < -0.39 is 30.3 Å². The zero-order chi connectivity index (χ0) is 18.8. The van der Waals surface area contributed by atoms with Gasteiger partial charge in [0.15, 0.2) is 5.69 Å². The van der Waals surface area contributed by atoms with Gasteiger partial charge < -0.3 is 15.2 Å². The van der Waals surface area contributed by atoms with Gasteiger partial charge in [0, 0.05) is 18.0 Å². The van der Waals surface area contributed by atoms with E-state index in [0.717, 1.165) is 10.9 Å². The van der Waals surface area contributed by atoms with Crippen LogP contribution in [0.1, 0.15) is 21.6 Å². The van der Waals surface area contributed by atoms with Crippen molar-refractivity contribution >= 4 is 17.6 Å².